The van der Waals surface area contributed by atoms with E-state index in [0.29, 0.717) is 12.1 Å². The third-order valence-electron chi connectivity index (χ3n) is 2.20. The number of benzene rings is 1. The normalized spacial score (nSPS) is 9.80. The van der Waals surface area contributed by atoms with Crippen LogP contribution in [0.3, 0.4) is 0 Å². The molecule has 0 aromatic heterocycles. The topological polar surface area (TPSA) is 20.3 Å². The Morgan fingerprint density at radius 2 is 2.27 bits per heavy atom. The molecule has 1 amide bonds. The van der Waals surface area contributed by atoms with Gasteiger partial charge < -0.3 is 4.90 Å². The zero-order valence-corrected chi connectivity index (χ0v) is 9.92. The molecule has 0 aliphatic carbocycles. The molecule has 0 heterocycles. The van der Waals surface area contributed by atoms with Crippen molar-refractivity contribution in [3.05, 3.63) is 42.0 Å². The smallest absolute Gasteiger partial charge is 0.254 e. The lowest BCUT2D eigenvalue weighted by atomic mass is 10.1. The monoisotopic (exact) mass is 221 g/mol. The zero-order chi connectivity index (χ0) is 11.4. The molecule has 15 heavy (non-hydrogen) atoms. The van der Waals surface area contributed by atoms with Crippen molar-refractivity contribution in [3.8, 4) is 0 Å². The van der Waals surface area contributed by atoms with Crippen molar-refractivity contribution >= 4 is 18.5 Å². The van der Waals surface area contributed by atoms with Crippen molar-refractivity contribution in [2.24, 2.45) is 0 Å². The summed E-state index contributed by atoms with van der Waals surface area (Å²) in [6, 6.07) is 5.57. The summed E-state index contributed by atoms with van der Waals surface area (Å²) in [5.74, 6) is 0.00306. The highest BCUT2D eigenvalue weighted by Crippen LogP contribution is 2.15. The van der Waals surface area contributed by atoms with Gasteiger partial charge in [-0.25, -0.2) is 0 Å². The second-order valence-corrected chi connectivity index (χ2v) is 3.99. The summed E-state index contributed by atoms with van der Waals surface area (Å²) < 4.78 is 0. The molecular weight excluding hydrogens is 206 g/mol. The summed E-state index contributed by atoms with van der Waals surface area (Å²) in [7, 11) is 1.76. The van der Waals surface area contributed by atoms with Crippen molar-refractivity contribution in [2.45, 2.75) is 11.8 Å². The van der Waals surface area contributed by atoms with Gasteiger partial charge in [0.2, 0.25) is 0 Å². The number of hydrogen-bond donors (Lipinski definition) is 1. The van der Waals surface area contributed by atoms with Crippen LogP contribution < -0.4 is 0 Å². The van der Waals surface area contributed by atoms with E-state index in [2.05, 4.69) is 19.2 Å². The van der Waals surface area contributed by atoms with Crippen LogP contribution in [0.4, 0.5) is 0 Å². The molecule has 0 atom stereocenters. The first kappa shape index (κ1) is 11.9. The van der Waals surface area contributed by atoms with Gasteiger partial charge in [-0.05, 0) is 24.6 Å². The number of likely N-dealkylation sites (N-methyl/N-ethyl adjacent to an activating group) is 1. The predicted molar refractivity (Wildman–Crippen MR) is 65.6 cm³/mol. The maximum absolute atomic E-state index is 12.0. The molecular formula is C12H15NOS. The predicted octanol–water partition coefficient (Wildman–Crippen LogP) is 2.54. The fourth-order valence-corrected chi connectivity index (χ4v) is 1.53. The number of rotatable bonds is 3. The Morgan fingerprint density at radius 1 is 1.60 bits per heavy atom. The number of hydrogen-bond acceptors (Lipinski definition) is 2. The van der Waals surface area contributed by atoms with Crippen LogP contribution in [0.2, 0.25) is 0 Å². The van der Waals surface area contributed by atoms with Gasteiger partial charge in [0.05, 0.1) is 0 Å². The first-order valence-electron chi connectivity index (χ1n) is 4.72. The highest BCUT2D eigenvalue weighted by molar-refractivity contribution is 7.80. The van der Waals surface area contributed by atoms with Crippen molar-refractivity contribution in [1.82, 2.24) is 4.90 Å². The molecule has 0 aliphatic heterocycles. The largest absolute Gasteiger partial charge is 0.338 e. The minimum absolute atomic E-state index is 0.00306. The van der Waals surface area contributed by atoms with E-state index in [4.69, 9.17) is 0 Å². The number of aryl methyl sites for hydroxylation is 1. The maximum atomic E-state index is 12.0. The van der Waals surface area contributed by atoms with Crippen molar-refractivity contribution in [2.75, 3.05) is 13.6 Å². The Balaban J connectivity index is 2.99. The fraction of sp³-hybridized carbons (Fsp3) is 0.250. The number of amides is 1. The molecule has 0 saturated carbocycles. The maximum Gasteiger partial charge on any atom is 0.254 e. The quantitative estimate of drug-likeness (QED) is 0.614. The summed E-state index contributed by atoms with van der Waals surface area (Å²) in [6.45, 7) is 6.08. The second-order valence-electron chi connectivity index (χ2n) is 3.47. The van der Waals surface area contributed by atoms with E-state index in [1.165, 1.54) is 0 Å². The molecule has 1 aromatic rings. The molecule has 3 heteroatoms. The minimum Gasteiger partial charge on any atom is -0.338 e. The van der Waals surface area contributed by atoms with Crippen LogP contribution in [0, 0.1) is 6.92 Å². The van der Waals surface area contributed by atoms with E-state index < -0.39 is 0 Å². The average molecular weight is 221 g/mol. The SMILES string of the molecule is C=CCN(C)C(=O)c1cc(S)ccc1C. The molecule has 0 unspecified atom stereocenters. The summed E-state index contributed by atoms with van der Waals surface area (Å²) in [5.41, 5.74) is 1.67. The van der Waals surface area contributed by atoms with Gasteiger partial charge >= 0.3 is 0 Å². The molecule has 0 fully saturated rings. The van der Waals surface area contributed by atoms with Crippen LogP contribution in [0.5, 0.6) is 0 Å². The molecule has 0 aliphatic rings. The van der Waals surface area contributed by atoms with Gasteiger partial charge in [0, 0.05) is 24.1 Å². The van der Waals surface area contributed by atoms with E-state index in [1.807, 2.05) is 19.1 Å². The molecule has 0 N–H and O–H groups in total. The van der Waals surface area contributed by atoms with Crippen LogP contribution in [-0.2, 0) is 0 Å². The first-order chi connectivity index (χ1) is 7.06. The Hall–Kier alpha value is -1.22. The Morgan fingerprint density at radius 3 is 2.87 bits per heavy atom. The molecule has 80 valence electrons. The Labute approximate surface area is 96.0 Å². The van der Waals surface area contributed by atoms with E-state index in [0.717, 1.165) is 10.5 Å². The minimum atomic E-state index is 0.00306. The fourth-order valence-electron chi connectivity index (χ4n) is 1.32. The molecule has 0 spiro atoms. The summed E-state index contributed by atoms with van der Waals surface area (Å²) in [4.78, 5) is 14.4. The number of nitrogens with zero attached hydrogens (tertiary/aromatic N) is 1. The lowest BCUT2D eigenvalue weighted by Gasteiger charge is -2.16. The standard InChI is InChI=1S/C12H15NOS/c1-4-7-13(3)12(14)11-8-10(15)6-5-9(11)2/h4-6,8,15H,1,7H2,2-3H3. The van der Waals surface area contributed by atoms with E-state index >= 15 is 0 Å². The van der Waals surface area contributed by atoms with Crippen molar-refractivity contribution in [3.63, 3.8) is 0 Å². The third-order valence-corrected chi connectivity index (χ3v) is 2.48. The summed E-state index contributed by atoms with van der Waals surface area (Å²) in [5, 5.41) is 0. The van der Waals surface area contributed by atoms with Crippen LogP contribution in [0.15, 0.2) is 35.7 Å². The molecule has 1 rings (SSSR count). The number of thiol groups is 1. The molecule has 2 nitrogen and oxygen atoms in total. The van der Waals surface area contributed by atoms with Crippen LogP contribution in [0.25, 0.3) is 0 Å². The first-order valence-corrected chi connectivity index (χ1v) is 5.17. The number of carbonyl (C=O) groups is 1. The van der Waals surface area contributed by atoms with Crippen LogP contribution >= 0.6 is 12.6 Å². The van der Waals surface area contributed by atoms with Crippen molar-refractivity contribution in [1.29, 1.82) is 0 Å². The van der Waals surface area contributed by atoms with E-state index in [-0.39, 0.29) is 5.91 Å². The van der Waals surface area contributed by atoms with Crippen molar-refractivity contribution < 1.29 is 4.79 Å². The number of carbonyl (C=O) groups excluding carboxylic acids is 1. The van der Waals surface area contributed by atoms with Gasteiger partial charge in [-0.3, -0.25) is 4.79 Å². The summed E-state index contributed by atoms with van der Waals surface area (Å²) in [6.07, 6.45) is 1.71. The third kappa shape index (κ3) is 2.86. The summed E-state index contributed by atoms with van der Waals surface area (Å²) >= 11 is 4.23. The highest BCUT2D eigenvalue weighted by Gasteiger charge is 2.12. The molecule has 0 radical (unpaired) electrons. The molecule has 1 aromatic carbocycles. The van der Waals surface area contributed by atoms with Crippen LogP contribution in [-0.4, -0.2) is 24.4 Å². The van der Waals surface area contributed by atoms with Gasteiger partial charge in [-0.15, -0.1) is 19.2 Å². The zero-order valence-electron chi connectivity index (χ0n) is 9.03. The Bertz CT molecular complexity index is 387. The van der Waals surface area contributed by atoms with E-state index in [1.54, 1.807) is 24.1 Å². The van der Waals surface area contributed by atoms with Gasteiger partial charge in [-0.2, -0.15) is 0 Å². The van der Waals surface area contributed by atoms with E-state index in [9.17, 15) is 4.79 Å². The average Bonchev–Trinajstić information content (AvgIpc) is 2.21. The van der Waals surface area contributed by atoms with Gasteiger partial charge in [0.25, 0.3) is 5.91 Å². The van der Waals surface area contributed by atoms with Gasteiger partial charge in [-0.1, -0.05) is 12.1 Å². The molecule has 0 bridgehead atoms. The highest BCUT2D eigenvalue weighted by atomic mass is 32.1. The lowest BCUT2D eigenvalue weighted by molar-refractivity contribution is 0.0809. The van der Waals surface area contributed by atoms with Gasteiger partial charge in [0.15, 0.2) is 0 Å². The van der Waals surface area contributed by atoms with Gasteiger partial charge in [0.1, 0.15) is 0 Å². The van der Waals surface area contributed by atoms with Crippen LogP contribution in [0.1, 0.15) is 15.9 Å². The Kier molecular flexibility index (Phi) is 3.97. The second kappa shape index (κ2) is 5.03. The molecule has 0 saturated heterocycles. The lowest BCUT2D eigenvalue weighted by Crippen LogP contribution is -2.27.